The fraction of sp³-hybridized carbons (Fsp3) is 0.125. The van der Waals surface area contributed by atoms with Gasteiger partial charge in [-0.25, -0.2) is 4.90 Å². The van der Waals surface area contributed by atoms with Gasteiger partial charge in [0.15, 0.2) is 5.09 Å². The molecule has 2 aromatic rings. The van der Waals surface area contributed by atoms with Gasteiger partial charge in [0.25, 0.3) is 5.91 Å². The summed E-state index contributed by atoms with van der Waals surface area (Å²) in [6.07, 6.45) is 3.60. The van der Waals surface area contributed by atoms with Crippen LogP contribution in [-0.4, -0.2) is 18.1 Å². The molecule has 1 aromatic heterocycles. The normalized spacial score (nSPS) is 15.6. The molecule has 0 atom stereocenters. The summed E-state index contributed by atoms with van der Waals surface area (Å²) in [5.41, 5.74) is 1.85. The van der Waals surface area contributed by atoms with Crippen LogP contribution in [0.1, 0.15) is 18.2 Å². The minimum absolute atomic E-state index is 0.292. The Morgan fingerprint density at radius 3 is 2.67 bits per heavy atom. The van der Waals surface area contributed by atoms with Gasteiger partial charge in [0.05, 0.1) is 11.3 Å². The fourth-order valence-corrected chi connectivity index (χ4v) is 2.74. The highest BCUT2D eigenvalue weighted by Crippen LogP contribution is 2.38. The second-order valence-corrected chi connectivity index (χ2v) is 5.41. The van der Waals surface area contributed by atoms with Gasteiger partial charge in [-0.2, -0.15) is 0 Å². The Kier molecular flexibility index (Phi) is 3.43. The number of fused-ring (bicyclic) bond motifs is 1. The first-order chi connectivity index (χ1) is 10.1. The number of hydrogen-bond acceptors (Lipinski definition) is 4. The van der Waals surface area contributed by atoms with Crippen molar-refractivity contribution < 1.29 is 14.0 Å². The van der Waals surface area contributed by atoms with E-state index in [2.05, 4.69) is 0 Å². The molecule has 1 aliphatic rings. The van der Waals surface area contributed by atoms with Crippen LogP contribution in [0.4, 0.5) is 5.69 Å². The molecule has 0 saturated carbocycles. The smallest absolute Gasteiger partial charge is 0.265 e. The van der Waals surface area contributed by atoms with Crippen molar-refractivity contribution >= 4 is 40.9 Å². The zero-order chi connectivity index (χ0) is 15.0. The summed E-state index contributed by atoms with van der Waals surface area (Å²) < 4.78 is 5.58. The number of amides is 2. The molecular weight excluding hydrogens is 286 g/mol. The predicted molar refractivity (Wildman–Crippen MR) is 83.0 cm³/mol. The highest BCUT2D eigenvalue weighted by Gasteiger charge is 2.34. The molecule has 0 aliphatic carbocycles. The highest BCUT2D eigenvalue weighted by atomic mass is 32.2. The van der Waals surface area contributed by atoms with Crippen LogP contribution in [0.15, 0.2) is 45.9 Å². The number of carbonyl (C=O) groups excluding carboxylic acids is 2. The van der Waals surface area contributed by atoms with E-state index in [0.717, 1.165) is 10.7 Å². The average molecular weight is 299 g/mol. The molecule has 0 fully saturated rings. The van der Waals surface area contributed by atoms with Crippen LogP contribution in [0, 0.1) is 0 Å². The third-order valence-electron chi connectivity index (χ3n) is 3.27. The Balaban J connectivity index is 2.10. The molecule has 0 saturated heterocycles. The molecule has 0 unspecified atom stereocenters. The van der Waals surface area contributed by atoms with Gasteiger partial charge in [-0.15, -0.1) is 0 Å². The summed E-state index contributed by atoms with van der Waals surface area (Å²) in [5.74, 6) is -0.00574. The van der Waals surface area contributed by atoms with Gasteiger partial charge < -0.3 is 4.42 Å². The van der Waals surface area contributed by atoms with Gasteiger partial charge in [0.1, 0.15) is 5.76 Å². The Morgan fingerprint density at radius 2 is 2.00 bits per heavy atom. The monoisotopic (exact) mass is 299 g/mol. The maximum atomic E-state index is 12.5. The van der Waals surface area contributed by atoms with E-state index >= 15 is 0 Å². The molecule has 21 heavy (non-hydrogen) atoms. The van der Waals surface area contributed by atoms with Gasteiger partial charge in [-0.3, -0.25) is 9.59 Å². The Hall–Kier alpha value is -2.27. The van der Waals surface area contributed by atoms with Crippen molar-refractivity contribution in [3.63, 3.8) is 0 Å². The predicted octanol–water partition coefficient (Wildman–Crippen LogP) is 3.44. The van der Waals surface area contributed by atoms with Crippen LogP contribution in [-0.2, 0) is 9.59 Å². The summed E-state index contributed by atoms with van der Waals surface area (Å²) in [4.78, 5) is 25.4. The Labute approximate surface area is 126 Å². The topological polar surface area (TPSA) is 50.5 Å². The standard InChI is InChI=1S/C16H13NO3S/c1-10(18)17-14-6-4-3-5-12(14)13(16(17)19)9-11-7-8-15(20-11)21-2/h3-9H,1-2H3/b13-9-. The minimum atomic E-state index is -0.314. The molecule has 0 bridgehead atoms. The average Bonchev–Trinajstić information content (AvgIpc) is 3.03. The number of carbonyl (C=O) groups is 2. The maximum absolute atomic E-state index is 12.5. The van der Waals surface area contributed by atoms with E-state index in [4.69, 9.17) is 4.42 Å². The third kappa shape index (κ3) is 2.29. The number of benzene rings is 1. The molecule has 2 heterocycles. The Bertz CT molecular complexity index is 760. The van der Waals surface area contributed by atoms with Crippen molar-refractivity contribution in [1.82, 2.24) is 0 Å². The Morgan fingerprint density at radius 1 is 1.24 bits per heavy atom. The van der Waals surface area contributed by atoms with Crippen LogP contribution in [0.25, 0.3) is 11.6 Å². The summed E-state index contributed by atoms with van der Waals surface area (Å²) in [5, 5.41) is 0.781. The van der Waals surface area contributed by atoms with Crippen molar-refractivity contribution in [2.75, 3.05) is 11.2 Å². The summed E-state index contributed by atoms with van der Waals surface area (Å²) in [6, 6.07) is 10.9. The van der Waals surface area contributed by atoms with Crippen molar-refractivity contribution in [2.24, 2.45) is 0 Å². The second kappa shape index (κ2) is 5.26. The van der Waals surface area contributed by atoms with Gasteiger partial charge in [-0.1, -0.05) is 30.0 Å². The molecule has 4 nitrogen and oxygen atoms in total. The summed E-state index contributed by atoms with van der Waals surface area (Å²) in [6.45, 7) is 1.39. The first kappa shape index (κ1) is 13.7. The molecular formula is C16H13NO3S. The molecule has 5 heteroatoms. The minimum Gasteiger partial charge on any atom is -0.451 e. The lowest BCUT2D eigenvalue weighted by Gasteiger charge is -2.11. The lowest BCUT2D eigenvalue weighted by atomic mass is 10.1. The van der Waals surface area contributed by atoms with E-state index in [0.29, 0.717) is 17.0 Å². The second-order valence-electron chi connectivity index (χ2n) is 4.60. The van der Waals surface area contributed by atoms with E-state index in [9.17, 15) is 9.59 Å². The molecule has 2 amide bonds. The van der Waals surface area contributed by atoms with Crippen LogP contribution in [0.5, 0.6) is 0 Å². The zero-order valence-corrected chi connectivity index (χ0v) is 12.4. The number of para-hydroxylation sites is 1. The van der Waals surface area contributed by atoms with E-state index in [1.807, 2.05) is 36.6 Å². The van der Waals surface area contributed by atoms with Gasteiger partial charge >= 0.3 is 0 Å². The molecule has 106 valence electrons. The molecule has 1 aliphatic heterocycles. The number of furan rings is 1. The third-order valence-corrected chi connectivity index (χ3v) is 3.90. The molecule has 0 radical (unpaired) electrons. The molecule has 0 spiro atoms. The van der Waals surface area contributed by atoms with Crippen LogP contribution in [0.2, 0.25) is 0 Å². The summed E-state index contributed by atoms with van der Waals surface area (Å²) >= 11 is 1.49. The van der Waals surface area contributed by atoms with Gasteiger partial charge in [-0.05, 0) is 30.5 Å². The number of nitrogens with zero attached hydrogens (tertiary/aromatic N) is 1. The molecule has 1 aromatic carbocycles. The lowest BCUT2D eigenvalue weighted by molar-refractivity contribution is -0.122. The van der Waals surface area contributed by atoms with Gasteiger partial charge in [0, 0.05) is 12.5 Å². The van der Waals surface area contributed by atoms with E-state index < -0.39 is 0 Å². The largest absolute Gasteiger partial charge is 0.451 e. The molecule has 3 rings (SSSR count). The summed E-state index contributed by atoms with van der Waals surface area (Å²) in [7, 11) is 0. The van der Waals surface area contributed by atoms with Crippen LogP contribution in [0.3, 0.4) is 0 Å². The number of anilines is 1. The number of imide groups is 1. The van der Waals surface area contributed by atoms with E-state index in [-0.39, 0.29) is 11.8 Å². The van der Waals surface area contributed by atoms with Gasteiger partial charge in [0.2, 0.25) is 5.91 Å². The van der Waals surface area contributed by atoms with E-state index in [1.54, 1.807) is 12.1 Å². The number of thioether (sulfide) groups is 1. The van der Waals surface area contributed by atoms with E-state index in [1.165, 1.54) is 23.6 Å². The fourth-order valence-electron chi connectivity index (χ4n) is 2.36. The first-order valence-electron chi connectivity index (χ1n) is 6.42. The molecule has 0 N–H and O–H groups in total. The van der Waals surface area contributed by atoms with Crippen molar-refractivity contribution in [3.8, 4) is 0 Å². The number of rotatable bonds is 2. The van der Waals surface area contributed by atoms with Crippen molar-refractivity contribution in [1.29, 1.82) is 0 Å². The number of hydrogen-bond donors (Lipinski definition) is 0. The lowest BCUT2D eigenvalue weighted by Crippen LogP contribution is -2.30. The zero-order valence-electron chi connectivity index (χ0n) is 11.6. The quantitative estimate of drug-likeness (QED) is 0.629. The maximum Gasteiger partial charge on any atom is 0.265 e. The highest BCUT2D eigenvalue weighted by molar-refractivity contribution is 7.98. The van der Waals surface area contributed by atoms with Crippen molar-refractivity contribution in [3.05, 3.63) is 47.7 Å². The van der Waals surface area contributed by atoms with Crippen LogP contribution < -0.4 is 4.90 Å². The first-order valence-corrected chi connectivity index (χ1v) is 7.64. The van der Waals surface area contributed by atoms with Crippen molar-refractivity contribution in [2.45, 2.75) is 12.0 Å². The SMILES string of the molecule is CSc1ccc(/C=C2\C(=O)N(C(C)=O)c3ccccc32)o1. The van der Waals surface area contributed by atoms with Crippen LogP contribution >= 0.6 is 11.8 Å².